The second-order valence-electron chi connectivity index (χ2n) is 4.89. The average Bonchev–Trinajstić information content (AvgIpc) is 2.95. The van der Waals surface area contributed by atoms with E-state index in [0.717, 1.165) is 4.70 Å². The minimum absolute atomic E-state index is 0.150. The van der Waals surface area contributed by atoms with Crippen LogP contribution in [0.3, 0.4) is 0 Å². The Morgan fingerprint density at radius 2 is 1.96 bits per heavy atom. The highest BCUT2D eigenvalue weighted by Gasteiger charge is 2.12. The van der Waals surface area contributed by atoms with Crippen LogP contribution in [0.2, 0.25) is 10.0 Å². The van der Waals surface area contributed by atoms with Crippen LogP contribution in [0.25, 0.3) is 10.2 Å². The van der Waals surface area contributed by atoms with Gasteiger partial charge in [0.2, 0.25) is 0 Å². The van der Waals surface area contributed by atoms with Gasteiger partial charge in [0.25, 0.3) is 5.91 Å². The molecule has 1 heterocycles. The number of fused-ring (bicyclic) bond motifs is 1. The van der Waals surface area contributed by atoms with Crippen LogP contribution in [-0.2, 0) is 0 Å². The highest BCUT2D eigenvalue weighted by Crippen LogP contribution is 2.34. The van der Waals surface area contributed by atoms with Crippen molar-refractivity contribution < 1.29 is 9.53 Å². The number of amides is 1. The second-order valence-corrected chi connectivity index (χ2v) is 7.17. The topological polar surface area (TPSA) is 63.2 Å². The lowest BCUT2D eigenvalue weighted by molar-refractivity contribution is 0.0978. The maximum Gasteiger partial charge on any atom is 0.257 e. The van der Waals surface area contributed by atoms with E-state index >= 15 is 0 Å². The van der Waals surface area contributed by atoms with Crippen molar-refractivity contribution in [2.24, 2.45) is 0 Å². The lowest BCUT2D eigenvalue weighted by atomic mass is 10.2. The molecule has 1 aromatic heterocycles. The summed E-state index contributed by atoms with van der Waals surface area (Å²) in [4.78, 5) is 16.5. The normalized spacial score (nSPS) is 10.5. The van der Waals surface area contributed by atoms with Gasteiger partial charge in [-0.15, -0.1) is 0 Å². The number of methoxy groups -OCH3 is 1. The van der Waals surface area contributed by atoms with Crippen LogP contribution in [0, 0.1) is 0 Å². The van der Waals surface area contributed by atoms with Crippen molar-refractivity contribution in [3.63, 3.8) is 0 Å². The van der Waals surface area contributed by atoms with Crippen molar-refractivity contribution in [2.45, 2.75) is 0 Å². The Morgan fingerprint density at radius 3 is 2.64 bits per heavy atom. The molecule has 0 aliphatic rings. The Bertz CT molecular complexity index is 958. The molecular formula is C16H11Cl2N3O2S2. The summed E-state index contributed by atoms with van der Waals surface area (Å²) in [5.41, 5.74) is 1.17. The lowest BCUT2D eigenvalue weighted by Crippen LogP contribution is -2.34. The van der Waals surface area contributed by atoms with Crippen molar-refractivity contribution >= 4 is 73.1 Å². The summed E-state index contributed by atoms with van der Waals surface area (Å²) < 4.78 is 6.07. The molecule has 0 fully saturated rings. The van der Waals surface area contributed by atoms with Crippen LogP contribution in [0.5, 0.6) is 5.75 Å². The van der Waals surface area contributed by atoms with Crippen molar-refractivity contribution in [1.82, 2.24) is 10.3 Å². The van der Waals surface area contributed by atoms with Gasteiger partial charge < -0.3 is 10.1 Å². The smallest absolute Gasteiger partial charge is 0.257 e. The first-order valence-electron chi connectivity index (χ1n) is 6.98. The van der Waals surface area contributed by atoms with Gasteiger partial charge in [0.1, 0.15) is 5.75 Å². The Balaban J connectivity index is 1.71. The highest BCUT2D eigenvalue weighted by atomic mass is 35.5. The summed E-state index contributed by atoms with van der Waals surface area (Å²) in [6, 6.07) is 10.0. The predicted octanol–water partition coefficient (Wildman–Crippen LogP) is 4.74. The zero-order valence-corrected chi connectivity index (χ0v) is 15.9. The highest BCUT2D eigenvalue weighted by molar-refractivity contribution is 7.80. The minimum atomic E-state index is -0.333. The number of rotatable bonds is 3. The van der Waals surface area contributed by atoms with Crippen LogP contribution in [0.4, 0.5) is 5.13 Å². The Labute approximate surface area is 162 Å². The number of thiazole rings is 1. The molecule has 9 heteroatoms. The number of halogens is 2. The van der Waals surface area contributed by atoms with E-state index in [1.165, 1.54) is 11.3 Å². The van der Waals surface area contributed by atoms with Gasteiger partial charge in [-0.3, -0.25) is 10.1 Å². The van der Waals surface area contributed by atoms with Crippen LogP contribution < -0.4 is 15.4 Å². The number of benzene rings is 2. The molecule has 0 saturated heterocycles. The third-order valence-electron chi connectivity index (χ3n) is 3.22. The van der Waals surface area contributed by atoms with Gasteiger partial charge >= 0.3 is 0 Å². The number of hydrogen-bond donors (Lipinski definition) is 2. The molecule has 2 aromatic carbocycles. The molecule has 3 aromatic rings. The number of ether oxygens (including phenoxy) is 1. The van der Waals surface area contributed by atoms with Gasteiger partial charge in [0, 0.05) is 16.7 Å². The summed E-state index contributed by atoms with van der Waals surface area (Å²) in [7, 11) is 1.55. The molecule has 0 spiro atoms. The average molecular weight is 412 g/mol. The molecule has 3 rings (SSSR count). The summed E-state index contributed by atoms with van der Waals surface area (Å²) in [6.07, 6.45) is 0. The maximum absolute atomic E-state index is 12.1. The summed E-state index contributed by atoms with van der Waals surface area (Å²) in [5.74, 6) is 0.239. The number of carbonyl (C=O) groups excluding carboxylic acids is 1. The van der Waals surface area contributed by atoms with Gasteiger partial charge in [0.15, 0.2) is 10.2 Å². The van der Waals surface area contributed by atoms with E-state index < -0.39 is 0 Å². The molecule has 0 aliphatic heterocycles. The van der Waals surface area contributed by atoms with Gasteiger partial charge in [-0.1, -0.05) is 34.5 Å². The zero-order chi connectivity index (χ0) is 18.0. The number of aromatic nitrogens is 1. The second kappa shape index (κ2) is 7.53. The molecule has 0 saturated carbocycles. The van der Waals surface area contributed by atoms with E-state index in [4.69, 9.17) is 40.2 Å². The molecule has 0 aliphatic carbocycles. The first kappa shape index (κ1) is 17.9. The molecule has 25 heavy (non-hydrogen) atoms. The summed E-state index contributed by atoms with van der Waals surface area (Å²) >= 11 is 18.4. The fraction of sp³-hybridized carbons (Fsp3) is 0.0625. The molecule has 0 unspecified atom stereocenters. The van der Waals surface area contributed by atoms with E-state index in [2.05, 4.69) is 15.6 Å². The van der Waals surface area contributed by atoms with Crippen molar-refractivity contribution in [3.05, 3.63) is 52.0 Å². The number of nitrogens with zero attached hydrogens (tertiary/aromatic N) is 1. The van der Waals surface area contributed by atoms with Crippen LogP contribution >= 0.6 is 46.8 Å². The Kier molecular flexibility index (Phi) is 5.39. The molecule has 0 radical (unpaired) electrons. The van der Waals surface area contributed by atoms with Gasteiger partial charge in [-0.25, -0.2) is 4.98 Å². The molecule has 1 amide bonds. The minimum Gasteiger partial charge on any atom is -0.495 e. The molecule has 128 valence electrons. The predicted molar refractivity (Wildman–Crippen MR) is 106 cm³/mol. The first-order chi connectivity index (χ1) is 12.0. The van der Waals surface area contributed by atoms with E-state index in [9.17, 15) is 4.79 Å². The van der Waals surface area contributed by atoms with Crippen LogP contribution in [0.1, 0.15) is 10.4 Å². The van der Waals surface area contributed by atoms with Crippen LogP contribution in [0.15, 0.2) is 36.4 Å². The van der Waals surface area contributed by atoms with Crippen LogP contribution in [-0.4, -0.2) is 23.1 Å². The molecule has 0 bridgehead atoms. The quantitative estimate of drug-likeness (QED) is 0.609. The van der Waals surface area contributed by atoms with Gasteiger partial charge in [-0.2, -0.15) is 0 Å². The zero-order valence-electron chi connectivity index (χ0n) is 12.8. The third kappa shape index (κ3) is 4.19. The fourth-order valence-electron chi connectivity index (χ4n) is 2.04. The van der Waals surface area contributed by atoms with E-state index in [0.29, 0.717) is 32.0 Å². The molecule has 2 N–H and O–H groups in total. The summed E-state index contributed by atoms with van der Waals surface area (Å²) in [5, 5.41) is 7.22. The first-order valence-corrected chi connectivity index (χ1v) is 8.96. The number of hydrogen-bond acceptors (Lipinski definition) is 5. The van der Waals surface area contributed by atoms with Crippen molar-refractivity contribution in [1.29, 1.82) is 0 Å². The lowest BCUT2D eigenvalue weighted by Gasteiger charge is -2.07. The van der Waals surface area contributed by atoms with E-state index in [1.54, 1.807) is 43.5 Å². The van der Waals surface area contributed by atoms with Crippen molar-refractivity contribution in [2.75, 3.05) is 12.4 Å². The number of thiocarbonyl (C=S) groups is 1. The summed E-state index contributed by atoms with van der Waals surface area (Å²) in [6.45, 7) is 0. The maximum atomic E-state index is 12.1. The SMILES string of the molecule is COc1cc2sc(NC(=S)NC(=O)c3ccc(Cl)cc3)nc2cc1Cl. The van der Waals surface area contributed by atoms with Crippen molar-refractivity contribution in [3.8, 4) is 5.75 Å². The van der Waals surface area contributed by atoms with Gasteiger partial charge in [0.05, 0.1) is 22.3 Å². The number of nitrogens with one attached hydrogen (secondary N) is 2. The number of carbonyl (C=O) groups is 1. The third-order valence-corrected chi connectivity index (χ3v) is 4.90. The Morgan fingerprint density at radius 1 is 1.24 bits per heavy atom. The van der Waals surface area contributed by atoms with Gasteiger partial charge in [-0.05, 0) is 42.5 Å². The molecule has 5 nitrogen and oxygen atoms in total. The standard InChI is InChI=1S/C16H11Cl2N3O2S2/c1-23-12-7-13-11(6-10(12)18)19-16(25-13)21-15(24)20-14(22)8-2-4-9(17)5-3-8/h2-7H,1H3,(H2,19,20,21,22,24). The van der Waals surface area contributed by atoms with E-state index in [-0.39, 0.29) is 11.0 Å². The fourth-order valence-corrected chi connectivity index (χ4v) is 3.54. The van der Waals surface area contributed by atoms with E-state index in [1.807, 2.05) is 0 Å². The largest absolute Gasteiger partial charge is 0.495 e. The number of anilines is 1. The monoisotopic (exact) mass is 411 g/mol. The molecular weight excluding hydrogens is 401 g/mol. The Hall–Kier alpha value is -1.93. The molecule has 0 atom stereocenters.